The lowest BCUT2D eigenvalue weighted by Crippen LogP contribution is -2.46. The number of carbonyl (C=O) groups excluding carboxylic acids is 1. The normalized spacial score (nSPS) is 30.2. The number of anilines is 1. The molecule has 4 heteroatoms. The van der Waals surface area contributed by atoms with Gasteiger partial charge in [-0.1, -0.05) is 6.42 Å². The minimum Gasteiger partial charge on any atom is -0.371 e. The second-order valence-electron chi connectivity index (χ2n) is 7.43. The summed E-state index contributed by atoms with van der Waals surface area (Å²) in [6.45, 7) is 1.87. The van der Waals surface area contributed by atoms with E-state index in [4.69, 9.17) is 0 Å². The van der Waals surface area contributed by atoms with Gasteiger partial charge in [-0.3, -0.25) is 4.79 Å². The molecule has 3 nitrogen and oxygen atoms in total. The Morgan fingerprint density at radius 2 is 1.70 bits per heavy atom. The summed E-state index contributed by atoms with van der Waals surface area (Å²) in [4.78, 5) is 17.0. The molecule has 4 rings (SSSR count). The van der Waals surface area contributed by atoms with Crippen LogP contribution < -0.4 is 4.90 Å². The Bertz CT molecular complexity index is 570. The van der Waals surface area contributed by atoms with Crippen molar-refractivity contribution in [2.75, 3.05) is 25.0 Å². The number of carbonyl (C=O) groups is 1. The summed E-state index contributed by atoms with van der Waals surface area (Å²) >= 11 is 0. The number of piperidine rings is 1. The van der Waals surface area contributed by atoms with E-state index in [1.807, 2.05) is 24.1 Å². The zero-order valence-electron chi connectivity index (χ0n) is 13.7. The molecular formula is C19H25FN2O. The van der Waals surface area contributed by atoms with E-state index in [-0.39, 0.29) is 5.82 Å². The van der Waals surface area contributed by atoms with E-state index >= 15 is 0 Å². The van der Waals surface area contributed by atoms with Crippen molar-refractivity contribution in [2.45, 2.75) is 38.1 Å². The molecule has 2 saturated carbocycles. The quantitative estimate of drug-likeness (QED) is 0.854. The molecule has 2 aliphatic carbocycles. The number of halogens is 1. The highest BCUT2D eigenvalue weighted by molar-refractivity contribution is 5.82. The highest BCUT2D eigenvalue weighted by Crippen LogP contribution is 2.58. The number of hydrogen-bond donors (Lipinski definition) is 0. The van der Waals surface area contributed by atoms with E-state index < -0.39 is 0 Å². The predicted molar refractivity (Wildman–Crippen MR) is 88.7 cm³/mol. The van der Waals surface area contributed by atoms with E-state index in [0.29, 0.717) is 29.7 Å². The van der Waals surface area contributed by atoms with Gasteiger partial charge in [0.1, 0.15) is 5.82 Å². The first kappa shape index (κ1) is 15.0. The standard InChI is InChI=1S/C19H25FN2O/c1-21(19(23)18-16-3-2-4-17(16)18)14-9-11-22(12-10-14)15-7-5-13(20)6-8-15/h5-8,14,16-18H,2-4,9-12H2,1H3. The van der Waals surface area contributed by atoms with Crippen LogP contribution in [0.15, 0.2) is 24.3 Å². The van der Waals surface area contributed by atoms with Crippen LogP contribution in [0.4, 0.5) is 10.1 Å². The minimum atomic E-state index is -0.191. The van der Waals surface area contributed by atoms with Gasteiger partial charge < -0.3 is 9.80 Å². The van der Waals surface area contributed by atoms with E-state index in [1.165, 1.54) is 31.4 Å². The molecule has 124 valence electrons. The summed E-state index contributed by atoms with van der Waals surface area (Å²) < 4.78 is 13.0. The molecule has 1 aromatic carbocycles. The van der Waals surface area contributed by atoms with Crippen molar-refractivity contribution in [1.82, 2.24) is 4.90 Å². The fourth-order valence-electron chi connectivity index (χ4n) is 4.77. The largest absolute Gasteiger partial charge is 0.371 e. The van der Waals surface area contributed by atoms with Crippen LogP contribution in [0.2, 0.25) is 0 Å². The molecule has 2 atom stereocenters. The highest BCUT2D eigenvalue weighted by atomic mass is 19.1. The molecule has 1 heterocycles. The lowest BCUT2D eigenvalue weighted by molar-refractivity contribution is -0.134. The Morgan fingerprint density at radius 1 is 1.09 bits per heavy atom. The lowest BCUT2D eigenvalue weighted by atomic mass is 10.0. The van der Waals surface area contributed by atoms with E-state index in [9.17, 15) is 9.18 Å². The molecule has 0 aromatic heterocycles. The highest BCUT2D eigenvalue weighted by Gasteiger charge is 2.57. The molecule has 0 radical (unpaired) electrons. The van der Waals surface area contributed by atoms with Crippen LogP contribution in [0.1, 0.15) is 32.1 Å². The summed E-state index contributed by atoms with van der Waals surface area (Å²) in [5.74, 6) is 1.93. The van der Waals surface area contributed by atoms with Crippen LogP contribution in [-0.2, 0) is 4.79 Å². The van der Waals surface area contributed by atoms with Crippen molar-refractivity contribution < 1.29 is 9.18 Å². The molecule has 1 aromatic rings. The van der Waals surface area contributed by atoms with Crippen molar-refractivity contribution in [3.8, 4) is 0 Å². The number of fused-ring (bicyclic) bond motifs is 1. The number of amides is 1. The Labute approximate surface area is 137 Å². The zero-order valence-corrected chi connectivity index (χ0v) is 13.7. The van der Waals surface area contributed by atoms with Crippen molar-refractivity contribution in [2.24, 2.45) is 17.8 Å². The Morgan fingerprint density at radius 3 is 2.30 bits per heavy atom. The van der Waals surface area contributed by atoms with Crippen molar-refractivity contribution in [1.29, 1.82) is 0 Å². The molecule has 1 saturated heterocycles. The minimum absolute atomic E-state index is 0.191. The maximum absolute atomic E-state index is 13.0. The average molecular weight is 316 g/mol. The molecule has 2 unspecified atom stereocenters. The molecule has 3 fully saturated rings. The third-order valence-corrected chi connectivity index (χ3v) is 6.24. The fourth-order valence-corrected chi connectivity index (χ4v) is 4.77. The zero-order chi connectivity index (χ0) is 16.0. The third-order valence-electron chi connectivity index (χ3n) is 6.24. The van der Waals surface area contributed by atoms with Crippen LogP contribution in [0.5, 0.6) is 0 Å². The molecule has 0 N–H and O–H groups in total. The summed E-state index contributed by atoms with van der Waals surface area (Å²) in [6.07, 6.45) is 5.85. The summed E-state index contributed by atoms with van der Waals surface area (Å²) in [7, 11) is 1.99. The first-order valence-corrected chi connectivity index (χ1v) is 8.92. The predicted octanol–water partition coefficient (Wildman–Crippen LogP) is 3.30. The summed E-state index contributed by atoms with van der Waals surface area (Å²) in [6, 6.07) is 7.08. The SMILES string of the molecule is CN(C(=O)C1C2CCCC21)C1CCN(c2ccc(F)cc2)CC1. The number of hydrogen-bond acceptors (Lipinski definition) is 2. The summed E-state index contributed by atoms with van der Waals surface area (Å²) in [5.41, 5.74) is 1.08. The van der Waals surface area contributed by atoms with E-state index in [2.05, 4.69) is 4.90 Å². The van der Waals surface area contributed by atoms with Gasteiger partial charge in [-0.25, -0.2) is 4.39 Å². The fraction of sp³-hybridized carbons (Fsp3) is 0.632. The first-order chi connectivity index (χ1) is 11.1. The van der Waals surface area contributed by atoms with Crippen molar-refractivity contribution in [3.63, 3.8) is 0 Å². The Kier molecular flexibility index (Phi) is 3.78. The van der Waals surface area contributed by atoms with Gasteiger partial charge in [0.15, 0.2) is 0 Å². The maximum atomic E-state index is 13.0. The molecular weight excluding hydrogens is 291 g/mol. The van der Waals surface area contributed by atoms with Crippen LogP contribution in [0.25, 0.3) is 0 Å². The van der Waals surface area contributed by atoms with Gasteiger partial charge in [0.25, 0.3) is 0 Å². The number of benzene rings is 1. The van der Waals surface area contributed by atoms with Crippen LogP contribution >= 0.6 is 0 Å². The second-order valence-corrected chi connectivity index (χ2v) is 7.43. The topological polar surface area (TPSA) is 23.6 Å². The molecule has 0 bridgehead atoms. The van der Waals surface area contributed by atoms with Gasteiger partial charge in [0, 0.05) is 37.8 Å². The second kappa shape index (κ2) is 5.81. The van der Waals surface area contributed by atoms with Crippen LogP contribution in [0, 0.1) is 23.6 Å². The van der Waals surface area contributed by atoms with Crippen LogP contribution in [-0.4, -0.2) is 37.0 Å². The summed E-state index contributed by atoms with van der Waals surface area (Å²) in [5, 5.41) is 0. The molecule has 23 heavy (non-hydrogen) atoms. The van der Waals surface area contributed by atoms with Gasteiger partial charge in [0.2, 0.25) is 5.91 Å². The average Bonchev–Trinajstić information content (AvgIpc) is 3.06. The van der Waals surface area contributed by atoms with Crippen molar-refractivity contribution >= 4 is 11.6 Å². The third kappa shape index (κ3) is 2.73. The van der Waals surface area contributed by atoms with Gasteiger partial charge in [-0.2, -0.15) is 0 Å². The first-order valence-electron chi connectivity index (χ1n) is 8.92. The number of rotatable bonds is 3. The van der Waals surface area contributed by atoms with Crippen LogP contribution in [0.3, 0.4) is 0 Å². The molecule has 3 aliphatic rings. The smallest absolute Gasteiger partial charge is 0.226 e. The monoisotopic (exact) mass is 316 g/mol. The van der Waals surface area contributed by atoms with Gasteiger partial charge >= 0.3 is 0 Å². The van der Waals surface area contributed by atoms with Gasteiger partial charge in [-0.05, 0) is 61.8 Å². The van der Waals surface area contributed by atoms with Gasteiger partial charge in [0.05, 0.1) is 0 Å². The molecule has 0 spiro atoms. The molecule has 1 amide bonds. The Balaban J connectivity index is 1.32. The number of nitrogens with zero attached hydrogens (tertiary/aromatic N) is 2. The van der Waals surface area contributed by atoms with Gasteiger partial charge in [-0.15, -0.1) is 0 Å². The Hall–Kier alpha value is -1.58. The maximum Gasteiger partial charge on any atom is 0.226 e. The van der Waals surface area contributed by atoms with E-state index in [0.717, 1.165) is 31.6 Å². The van der Waals surface area contributed by atoms with E-state index in [1.54, 1.807) is 0 Å². The van der Waals surface area contributed by atoms with Crippen molar-refractivity contribution in [3.05, 3.63) is 30.1 Å². The lowest BCUT2D eigenvalue weighted by Gasteiger charge is -2.38. The molecule has 1 aliphatic heterocycles.